The topological polar surface area (TPSA) is 29.1 Å². The number of amides is 1. The van der Waals surface area contributed by atoms with Crippen molar-refractivity contribution in [2.45, 2.75) is 25.6 Å². The van der Waals surface area contributed by atoms with Gasteiger partial charge in [-0.05, 0) is 12.0 Å². The molecule has 1 N–H and O–H groups in total. The summed E-state index contributed by atoms with van der Waals surface area (Å²) < 4.78 is 36.3. The molecule has 0 saturated heterocycles. The van der Waals surface area contributed by atoms with Gasteiger partial charge in [-0.25, -0.2) is 0 Å². The molecule has 0 saturated carbocycles. The van der Waals surface area contributed by atoms with E-state index >= 15 is 0 Å². The maximum Gasteiger partial charge on any atom is 0.471 e. The molecule has 1 atom stereocenters. The summed E-state index contributed by atoms with van der Waals surface area (Å²) in [5.74, 6) is -1.93. The number of halogens is 3. The molecule has 0 aliphatic carbocycles. The molecule has 1 aromatic carbocycles. The molecule has 0 heterocycles. The average Bonchev–Trinajstić information content (AvgIpc) is 2.25. The summed E-state index contributed by atoms with van der Waals surface area (Å²) in [5.41, 5.74) is 1.12. The van der Waals surface area contributed by atoms with E-state index in [1.165, 1.54) is 0 Å². The Bertz CT molecular complexity index is 389. The van der Waals surface area contributed by atoms with Gasteiger partial charge >= 0.3 is 12.1 Å². The third-order valence-electron chi connectivity index (χ3n) is 2.31. The lowest BCUT2D eigenvalue weighted by molar-refractivity contribution is -0.174. The summed E-state index contributed by atoms with van der Waals surface area (Å²) in [6, 6.07) is 5.69. The molecular weight excluding hydrogens is 230 g/mol. The molecule has 90 valence electrons. The van der Waals surface area contributed by atoms with Crippen molar-refractivity contribution in [2.75, 3.05) is 0 Å². The second-order valence-corrected chi connectivity index (χ2v) is 3.60. The molecule has 6 heteroatoms. The van der Waals surface area contributed by atoms with Gasteiger partial charge in [-0.3, -0.25) is 4.79 Å². The molecule has 0 aliphatic heterocycles. The Morgan fingerprint density at radius 1 is 1.35 bits per heavy atom. The van der Waals surface area contributed by atoms with E-state index in [2.05, 4.69) is 0 Å². The predicted molar refractivity (Wildman–Crippen MR) is 59.1 cm³/mol. The smallest absolute Gasteiger partial charge is 0.341 e. The quantitative estimate of drug-likeness (QED) is 0.800. The number of carbonyl (C=O) groups is 1. The molecule has 2 nitrogen and oxygen atoms in total. The summed E-state index contributed by atoms with van der Waals surface area (Å²) in [6.07, 6.45) is -4.49. The highest BCUT2D eigenvalue weighted by molar-refractivity contribution is 6.32. The molecule has 0 unspecified atom stereocenters. The minimum absolute atomic E-state index is 0.367. The van der Waals surface area contributed by atoms with Crippen LogP contribution in [0.1, 0.15) is 24.9 Å². The second kappa shape index (κ2) is 5.25. The van der Waals surface area contributed by atoms with Crippen LogP contribution in [0.5, 0.6) is 0 Å². The van der Waals surface area contributed by atoms with E-state index in [0.717, 1.165) is 0 Å². The first-order chi connectivity index (χ1) is 7.84. The number of nitrogens with one attached hydrogen (secondary N) is 1. The summed E-state index contributed by atoms with van der Waals surface area (Å²) >= 11 is 0. The average molecular weight is 241 g/mol. The van der Waals surface area contributed by atoms with Crippen molar-refractivity contribution in [1.29, 1.82) is 0 Å². The SMILES string of the molecule is [B]c1ccc([C@@H](CC)NC(=O)C(F)(F)F)cc1. The maximum atomic E-state index is 12.1. The fraction of sp³-hybridized carbons (Fsp3) is 0.364. The minimum atomic E-state index is -4.86. The molecule has 0 bridgehead atoms. The molecule has 2 radical (unpaired) electrons. The van der Waals surface area contributed by atoms with Crippen LogP contribution in [-0.2, 0) is 4.79 Å². The van der Waals surface area contributed by atoms with Gasteiger partial charge in [0.25, 0.3) is 0 Å². The lowest BCUT2D eigenvalue weighted by atomic mass is 9.93. The monoisotopic (exact) mass is 241 g/mol. The van der Waals surface area contributed by atoms with E-state index < -0.39 is 18.1 Å². The Kier molecular flexibility index (Phi) is 4.20. The summed E-state index contributed by atoms with van der Waals surface area (Å²) in [7, 11) is 5.47. The highest BCUT2D eigenvalue weighted by Crippen LogP contribution is 2.20. The van der Waals surface area contributed by atoms with Gasteiger partial charge < -0.3 is 5.32 Å². The van der Waals surface area contributed by atoms with Crippen molar-refractivity contribution >= 4 is 19.2 Å². The Balaban J connectivity index is 2.79. The zero-order valence-electron chi connectivity index (χ0n) is 9.21. The van der Waals surface area contributed by atoms with Crippen molar-refractivity contribution in [3.05, 3.63) is 29.8 Å². The lowest BCUT2D eigenvalue weighted by Crippen LogP contribution is -2.39. The molecular formula is C11H11BF3NO. The van der Waals surface area contributed by atoms with Crippen molar-refractivity contribution in [3.63, 3.8) is 0 Å². The Labute approximate surface area is 98.6 Å². The van der Waals surface area contributed by atoms with Gasteiger partial charge in [-0.1, -0.05) is 36.7 Å². The van der Waals surface area contributed by atoms with E-state index in [1.807, 2.05) is 5.32 Å². The summed E-state index contributed by atoms with van der Waals surface area (Å²) in [6.45, 7) is 1.69. The van der Waals surface area contributed by atoms with Gasteiger partial charge in [-0.15, -0.1) is 0 Å². The highest BCUT2D eigenvalue weighted by Gasteiger charge is 2.39. The van der Waals surface area contributed by atoms with E-state index in [4.69, 9.17) is 7.85 Å². The van der Waals surface area contributed by atoms with Crippen LogP contribution in [0.15, 0.2) is 24.3 Å². The number of hydrogen-bond acceptors (Lipinski definition) is 1. The summed E-state index contributed by atoms with van der Waals surface area (Å²) in [5, 5.41) is 1.94. The van der Waals surface area contributed by atoms with E-state index in [1.54, 1.807) is 31.2 Å². The standard InChI is InChI=1S/C11H11BF3NO/c1-2-9(16-10(17)11(13,14)15)7-3-5-8(12)6-4-7/h3-6,9H,2H2,1H3,(H,16,17)/t9-/m1/s1. The van der Waals surface area contributed by atoms with Crippen LogP contribution >= 0.6 is 0 Å². The van der Waals surface area contributed by atoms with Crippen LogP contribution in [0.2, 0.25) is 0 Å². The zero-order valence-corrected chi connectivity index (χ0v) is 9.21. The van der Waals surface area contributed by atoms with E-state index in [9.17, 15) is 18.0 Å². The first-order valence-electron chi connectivity index (χ1n) is 5.07. The molecule has 17 heavy (non-hydrogen) atoms. The van der Waals surface area contributed by atoms with Crippen LogP contribution in [0.25, 0.3) is 0 Å². The van der Waals surface area contributed by atoms with Crippen LogP contribution < -0.4 is 10.8 Å². The third kappa shape index (κ3) is 3.80. The molecule has 0 aliphatic rings. The molecule has 0 fully saturated rings. The Morgan fingerprint density at radius 3 is 2.29 bits per heavy atom. The molecule has 1 rings (SSSR count). The van der Waals surface area contributed by atoms with Gasteiger partial charge in [0.2, 0.25) is 0 Å². The first-order valence-corrected chi connectivity index (χ1v) is 5.07. The third-order valence-corrected chi connectivity index (χ3v) is 2.31. The van der Waals surface area contributed by atoms with Crippen molar-refractivity contribution in [3.8, 4) is 0 Å². The predicted octanol–water partition coefficient (Wildman–Crippen LogP) is 1.61. The highest BCUT2D eigenvalue weighted by atomic mass is 19.4. The zero-order chi connectivity index (χ0) is 13.1. The minimum Gasteiger partial charge on any atom is -0.341 e. The van der Waals surface area contributed by atoms with Gasteiger partial charge in [-0.2, -0.15) is 13.2 Å². The van der Waals surface area contributed by atoms with Gasteiger partial charge in [0.05, 0.1) is 6.04 Å². The number of rotatable bonds is 3. The second-order valence-electron chi connectivity index (χ2n) is 3.60. The van der Waals surface area contributed by atoms with Crippen LogP contribution in [0, 0.1) is 0 Å². The van der Waals surface area contributed by atoms with Gasteiger partial charge in [0.15, 0.2) is 0 Å². The Hall–Kier alpha value is -1.46. The normalized spacial score (nSPS) is 13.2. The van der Waals surface area contributed by atoms with Crippen molar-refractivity contribution in [1.82, 2.24) is 5.32 Å². The van der Waals surface area contributed by atoms with Crippen molar-refractivity contribution < 1.29 is 18.0 Å². The molecule has 1 amide bonds. The fourth-order valence-electron chi connectivity index (χ4n) is 1.39. The lowest BCUT2D eigenvalue weighted by Gasteiger charge is -2.18. The number of carbonyl (C=O) groups excluding carboxylic acids is 1. The number of alkyl halides is 3. The van der Waals surface area contributed by atoms with E-state index in [0.29, 0.717) is 17.4 Å². The number of benzene rings is 1. The maximum absolute atomic E-state index is 12.1. The van der Waals surface area contributed by atoms with Crippen LogP contribution in [0.3, 0.4) is 0 Å². The number of hydrogen-bond donors (Lipinski definition) is 1. The first kappa shape index (κ1) is 13.6. The van der Waals surface area contributed by atoms with Crippen LogP contribution in [0.4, 0.5) is 13.2 Å². The fourth-order valence-corrected chi connectivity index (χ4v) is 1.39. The van der Waals surface area contributed by atoms with Crippen LogP contribution in [-0.4, -0.2) is 19.9 Å². The largest absolute Gasteiger partial charge is 0.471 e. The molecule has 0 spiro atoms. The molecule has 0 aromatic heterocycles. The van der Waals surface area contributed by atoms with E-state index in [-0.39, 0.29) is 0 Å². The van der Waals surface area contributed by atoms with Gasteiger partial charge in [0.1, 0.15) is 7.85 Å². The van der Waals surface area contributed by atoms with Gasteiger partial charge in [0, 0.05) is 0 Å². The Morgan fingerprint density at radius 2 is 1.88 bits per heavy atom. The van der Waals surface area contributed by atoms with Crippen molar-refractivity contribution in [2.24, 2.45) is 0 Å². The summed E-state index contributed by atoms with van der Waals surface area (Å²) in [4.78, 5) is 10.8. The molecule has 1 aromatic rings.